The van der Waals surface area contributed by atoms with E-state index in [0.717, 1.165) is 12.8 Å². The van der Waals surface area contributed by atoms with Gasteiger partial charge in [-0.25, -0.2) is 8.42 Å². The van der Waals surface area contributed by atoms with E-state index in [1.54, 1.807) is 6.07 Å². The van der Waals surface area contributed by atoms with Gasteiger partial charge in [0.25, 0.3) is 0 Å². The third-order valence-corrected chi connectivity index (χ3v) is 6.30. The lowest BCUT2D eigenvalue weighted by Gasteiger charge is -2.23. The number of amides is 1. The van der Waals surface area contributed by atoms with Gasteiger partial charge in [-0.2, -0.15) is 4.31 Å². The van der Waals surface area contributed by atoms with Gasteiger partial charge in [0.1, 0.15) is 6.04 Å². The van der Waals surface area contributed by atoms with Crippen LogP contribution >= 0.6 is 0 Å². The number of nitrogens with zero attached hydrogens (tertiary/aromatic N) is 1. The highest BCUT2D eigenvalue weighted by Gasteiger charge is 2.41. The van der Waals surface area contributed by atoms with Gasteiger partial charge in [0, 0.05) is 18.7 Å². The first-order valence-corrected chi connectivity index (χ1v) is 9.45. The Kier molecular flexibility index (Phi) is 4.69. The van der Waals surface area contributed by atoms with Crippen molar-refractivity contribution in [1.82, 2.24) is 9.62 Å². The maximum atomic E-state index is 13.0. The molecule has 1 atom stereocenters. The molecule has 7 nitrogen and oxygen atoms in total. The molecule has 1 aromatic rings. The number of methoxy groups -OCH3 is 2. The van der Waals surface area contributed by atoms with Crippen molar-refractivity contribution in [2.24, 2.45) is 0 Å². The van der Waals surface area contributed by atoms with Crippen molar-refractivity contribution < 1.29 is 22.7 Å². The van der Waals surface area contributed by atoms with E-state index in [9.17, 15) is 13.2 Å². The van der Waals surface area contributed by atoms with E-state index in [1.165, 1.54) is 30.7 Å². The van der Waals surface area contributed by atoms with E-state index in [0.29, 0.717) is 30.9 Å². The molecule has 132 valence electrons. The van der Waals surface area contributed by atoms with Crippen LogP contribution in [-0.2, 0) is 14.8 Å². The Morgan fingerprint density at radius 1 is 1.17 bits per heavy atom. The lowest BCUT2D eigenvalue weighted by Crippen LogP contribution is -2.46. The van der Waals surface area contributed by atoms with Crippen LogP contribution in [0, 0.1) is 0 Å². The summed E-state index contributed by atoms with van der Waals surface area (Å²) < 4.78 is 37.6. The van der Waals surface area contributed by atoms with Crippen LogP contribution in [0.15, 0.2) is 23.1 Å². The number of carbonyl (C=O) groups excluding carboxylic acids is 1. The molecule has 3 rings (SSSR count). The van der Waals surface area contributed by atoms with E-state index in [2.05, 4.69) is 5.32 Å². The van der Waals surface area contributed by atoms with Crippen molar-refractivity contribution in [3.05, 3.63) is 18.2 Å². The predicted octanol–water partition coefficient (Wildman–Crippen LogP) is 1.14. The molecule has 0 radical (unpaired) electrons. The highest BCUT2D eigenvalue weighted by atomic mass is 32.2. The summed E-state index contributed by atoms with van der Waals surface area (Å²) in [5.74, 6) is 0.608. The fourth-order valence-electron chi connectivity index (χ4n) is 2.93. The van der Waals surface area contributed by atoms with Crippen LogP contribution in [0.4, 0.5) is 0 Å². The first-order chi connectivity index (χ1) is 11.5. The fourth-order valence-corrected chi connectivity index (χ4v) is 4.60. The number of ether oxygens (including phenoxy) is 2. The molecule has 1 saturated heterocycles. The second-order valence-corrected chi connectivity index (χ2v) is 7.96. The van der Waals surface area contributed by atoms with E-state index >= 15 is 0 Å². The molecule has 1 aromatic carbocycles. The number of nitrogens with one attached hydrogen (secondary N) is 1. The molecule has 1 aliphatic heterocycles. The van der Waals surface area contributed by atoms with Crippen molar-refractivity contribution in [3.8, 4) is 11.5 Å². The molecule has 0 unspecified atom stereocenters. The number of hydrogen-bond donors (Lipinski definition) is 1. The maximum absolute atomic E-state index is 13.0. The summed E-state index contributed by atoms with van der Waals surface area (Å²) in [6.45, 7) is 0.347. The smallest absolute Gasteiger partial charge is 0.243 e. The van der Waals surface area contributed by atoms with Crippen LogP contribution < -0.4 is 14.8 Å². The Morgan fingerprint density at radius 2 is 1.88 bits per heavy atom. The SMILES string of the molecule is COc1ccc(S(=O)(=O)N2CCC[C@H]2C(=O)NC2CC2)cc1OC. The van der Waals surface area contributed by atoms with Gasteiger partial charge in [0.15, 0.2) is 11.5 Å². The lowest BCUT2D eigenvalue weighted by molar-refractivity contribution is -0.124. The zero-order valence-corrected chi connectivity index (χ0v) is 14.6. The monoisotopic (exact) mass is 354 g/mol. The summed E-state index contributed by atoms with van der Waals surface area (Å²) in [6, 6.07) is 4.04. The average Bonchev–Trinajstić information content (AvgIpc) is 3.24. The highest BCUT2D eigenvalue weighted by molar-refractivity contribution is 7.89. The minimum absolute atomic E-state index is 0.103. The summed E-state index contributed by atoms with van der Waals surface area (Å²) in [5, 5.41) is 2.90. The van der Waals surface area contributed by atoms with Crippen LogP contribution in [-0.4, -0.2) is 51.5 Å². The number of rotatable bonds is 6. The molecule has 1 heterocycles. The molecule has 0 bridgehead atoms. The van der Waals surface area contributed by atoms with Crippen molar-refractivity contribution >= 4 is 15.9 Å². The summed E-state index contributed by atoms with van der Waals surface area (Å²) in [6.07, 6.45) is 3.17. The highest BCUT2D eigenvalue weighted by Crippen LogP contribution is 2.33. The minimum atomic E-state index is -3.77. The zero-order chi connectivity index (χ0) is 17.3. The molecule has 1 aliphatic carbocycles. The third-order valence-electron chi connectivity index (χ3n) is 4.39. The molecule has 8 heteroatoms. The Morgan fingerprint density at radius 3 is 2.50 bits per heavy atom. The normalized spacial score (nSPS) is 21.5. The first-order valence-electron chi connectivity index (χ1n) is 8.01. The number of hydrogen-bond acceptors (Lipinski definition) is 5. The molecular weight excluding hydrogens is 332 g/mol. The van der Waals surface area contributed by atoms with E-state index in [-0.39, 0.29) is 16.8 Å². The molecular formula is C16H22N2O5S. The van der Waals surface area contributed by atoms with Gasteiger partial charge in [-0.15, -0.1) is 0 Å². The molecule has 1 saturated carbocycles. The average molecular weight is 354 g/mol. The van der Waals surface area contributed by atoms with Crippen LogP contribution in [0.3, 0.4) is 0 Å². The quantitative estimate of drug-likeness (QED) is 0.828. The molecule has 0 aromatic heterocycles. The molecule has 0 spiro atoms. The van der Waals surface area contributed by atoms with Gasteiger partial charge in [0.2, 0.25) is 15.9 Å². The van der Waals surface area contributed by atoms with Crippen molar-refractivity contribution in [3.63, 3.8) is 0 Å². The van der Waals surface area contributed by atoms with Crippen molar-refractivity contribution in [1.29, 1.82) is 0 Å². The summed E-state index contributed by atoms with van der Waals surface area (Å²) >= 11 is 0. The van der Waals surface area contributed by atoms with E-state index in [4.69, 9.17) is 9.47 Å². The molecule has 2 aliphatic rings. The Labute approximate surface area is 142 Å². The summed E-state index contributed by atoms with van der Waals surface area (Å²) in [7, 11) is -0.824. The van der Waals surface area contributed by atoms with Gasteiger partial charge in [-0.05, 0) is 37.8 Å². The summed E-state index contributed by atoms with van der Waals surface area (Å²) in [4.78, 5) is 12.4. The second kappa shape index (κ2) is 6.60. The Bertz CT molecular complexity index is 730. The molecule has 24 heavy (non-hydrogen) atoms. The largest absolute Gasteiger partial charge is 0.493 e. The molecule has 2 fully saturated rings. The Balaban J connectivity index is 1.87. The molecule has 1 N–H and O–H groups in total. The van der Waals surface area contributed by atoms with Crippen LogP contribution in [0.5, 0.6) is 11.5 Å². The number of sulfonamides is 1. The lowest BCUT2D eigenvalue weighted by atomic mass is 10.2. The van der Waals surface area contributed by atoms with Gasteiger partial charge >= 0.3 is 0 Å². The fraction of sp³-hybridized carbons (Fsp3) is 0.562. The number of benzene rings is 1. The maximum Gasteiger partial charge on any atom is 0.243 e. The van der Waals surface area contributed by atoms with Gasteiger partial charge in [0.05, 0.1) is 19.1 Å². The second-order valence-electron chi connectivity index (χ2n) is 6.07. The van der Waals surface area contributed by atoms with Crippen LogP contribution in [0.25, 0.3) is 0 Å². The predicted molar refractivity (Wildman–Crippen MR) is 87.6 cm³/mol. The topological polar surface area (TPSA) is 84.9 Å². The van der Waals surface area contributed by atoms with E-state index < -0.39 is 16.1 Å². The van der Waals surface area contributed by atoms with Gasteiger partial charge < -0.3 is 14.8 Å². The number of carbonyl (C=O) groups is 1. The van der Waals surface area contributed by atoms with Gasteiger partial charge in [-0.1, -0.05) is 0 Å². The van der Waals surface area contributed by atoms with Crippen molar-refractivity contribution in [2.75, 3.05) is 20.8 Å². The van der Waals surface area contributed by atoms with Gasteiger partial charge in [-0.3, -0.25) is 4.79 Å². The first kappa shape index (κ1) is 17.0. The van der Waals surface area contributed by atoms with E-state index in [1.807, 2.05) is 0 Å². The Hall–Kier alpha value is -1.80. The zero-order valence-electron chi connectivity index (χ0n) is 13.8. The summed E-state index contributed by atoms with van der Waals surface area (Å²) in [5.41, 5.74) is 0. The van der Waals surface area contributed by atoms with Crippen molar-refractivity contribution in [2.45, 2.75) is 42.7 Å². The minimum Gasteiger partial charge on any atom is -0.493 e. The third kappa shape index (κ3) is 3.21. The van der Waals surface area contributed by atoms with Crippen LogP contribution in [0.2, 0.25) is 0 Å². The molecule has 1 amide bonds. The standard InChI is InChI=1S/C16H22N2O5S/c1-22-14-8-7-12(10-15(14)23-2)24(20,21)18-9-3-4-13(18)16(19)17-11-5-6-11/h7-8,10-11,13H,3-6,9H2,1-2H3,(H,17,19)/t13-/m0/s1. The van der Waals surface area contributed by atoms with Crippen LogP contribution in [0.1, 0.15) is 25.7 Å².